The summed E-state index contributed by atoms with van der Waals surface area (Å²) in [6, 6.07) is 18.2. The van der Waals surface area contributed by atoms with Gasteiger partial charge in [-0.15, -0.1) is 0 Å². The van der Waals surface area contributed by atoms with Crippen LogP contribution in [0.15, 0.2) is 59.7 Å². The average molecular weight is 330 g/mol. The van der Waals surface area contributed by atoms with E-state index in [1.807, 2.05) is 54.5 Å². The highest BCUT2D eigenvalue weighted by Crippen LogP contribution is 2.33. The molecule has 0 bridgehead atoms. The maximum Gasteiger partial charge on any atom is 0.189 e. The van der Waals surface area contributed by atoms with Crippen LogP contribution < -0.4 is 5.32 Å². The van der Waals surface area contributed by atoms with E-state index in [0.717, 1.165) is 17.7 Å². The van der Waals surface area contributed by atoms with Crippen molar-refractivity contribution in [2.75, 3.05) is 7.05 Å². The molecule has 2 aromatic rings. The molecule has 22 heavy (non-hydrogen) atoms. The van der Waals surface area contributed by atoms with Crippen LogP contribution in [0.2, 0.25) is 5.02 Å². The highest BCUT2D eigenvalue weighted by molar-refractivity contribution is 7.80. The van der Waals surface area contributed by atoms with Crippen molar-refractivity contribution in [1.82, 2.24) is 10.3 Å². The van der Waals surface area contributed by atoms with Gasteiger partial charge in [-0.2, -0.15) is 5.10 Å². The first-order valence-corrected chi connectivity index (χ1v) is 7.87. The van der Waals surface area contributed by atoms with Gasteiger partial charge in [0.15, 0.2) is 5.11 Å². The van der Waals surface area contributed by atoms with Gasteiger partial charge in [-0.05, 0) is 35.5 Å². The Balaban J connectivity index is 1.96. The van der Waals surface area contributed by atoms with Crippen LogP contribution in [-0.2, 0) is 0 Å². The molecule has 5 heteroatoms. The Kier molecular flexibility index (Phi) is 4.41. The molecule has 0 aromatic heterocycles. The van der Waals surface area contributed by atoms with Crippen LogP contribution in [0.4, 0.5) is 0 Å². The molecule has 0 saturated carbocycles. The SMILES string of the molecule is CNC(=S)N1N=C(c2cccc(Cl)c2)C[C@@H]1c1ccccc1. The minimum atomic E-state index is 0.107. The van der Waals surface area contributed by atoms with Gasteiger partial charge in [-0.1, -0.05) is 54.1 Å². The van der Waals surface area contributed by atoms with Gasteiger partial charge < -0.3 is 5.32 Å². The number of nitrogens with zero attached hydrogens (tertiary/aromatic N) is 2. The molecule has 0 amide bonds. The van der Waals surface area contributed by atoms with E-state index in [4.69, 9.17) is 28.9 Å². The predicted molar refractivity (Wildman–Crippen MR) is 95.3 cm³/mol. The second-order valence-corrected chi connectivity index (χ2v) is 5.91. The van der Waals surface area contributed by atoms with Gasteiger partial charge in [0.05, 0.1) is 11.8 Å². The normalized spacial score (nSPS) is 17.3. The summed E-state index contributed by atoms with van der Waals surface area (Å²) in [5.74, 6) is 0. The molecular weight excluding hydrogens is 314 g/mol. The summed E-state index contributed by atoms with van der Waals surface area (Å²) in [6.45, 7) is 0. The number of hydrogen-bond donors (Lipinski definition) is 1. The molecule has 2 aromatic carbocycles. The molecule has 3 nitrogen and oxygen atoms in total. The van der Waals surface area contributed by atoms with E-state index >= 15 is 0 Å². The first kappa shape index (κ1) is 15.0. The van der Waals surface area contributed by atoms with Crippen molar-refractivity contribution in [1.29, 1.82) is 0 Å². The van der Waals surface area contributed by atoms with Crippen molar-refractivity contribution in [3.8, 4) is 0 Å². The molecule has 1 heterocycles. The highest BCUT2D eigenvalue weighted by atomic mass is 35.5. The number of rotatable bonds is 2. The first-order valence-electron chi connectivity index (χ1n) is 7.08. The molecule has 1 atom stereocenters. The lowest BCUT2D eigenvalue weighted by Crippen LogP contribution is -2.34. The minimum Gasteiger partial charge on any atom is -0.364 e. The Labute approximate surface area is 140 Å². The molecule has 0 unspecified atom stereocenters. The van der Waals surface area contributed by atoms with E-state index < -0.39 is 0 Å². The second-order valence-electron chi connectivity index (χ2n) is 5.09. The summed E-state index contributed by atoms with van der Waals surface area (Å²) < 4.78 is 0. The summed E-state index contributed by atoms with van der Waals surface area (Å²) in [5, 5.41) is 10.9. The van der Waals surface area contributed by atoms with Crippen molar-refractivity contribution in [2.45, 2.75) is 12.5 Å². The number of nitrogens with one attached hydrogen (secondary N) is 1. The molecule has 0 fully saturated rings. The lowest BCUT2D eigenvalue weighted by Gasteiger charge is -2.23. The topological polar surface area (TPSA) is 27.6 Å². The van der Waals surface area contributed by atoms with Crippen molar-refractivity contribution in [3.05, 3.63) is 70.7 Å². The van der Waals surface area contributed by atoms with Crippen molar-refractivity contribution >= 4 is 34.6 Å². The second kappa shape index (κ2) is 6.46. The third-order valence-electron chi connectivity index (χ3n) is 3.67. The zero-order chi connectivity index (χ0) is 15.5. The lowest BCUT2D eigenvalue weighted by molar-refractivity contribution is 0.367. The fourth-order valence-electron chi connectivity index (χ4n) is 2.59. The molecule has 1 N–H and O–H groups in total. The third-order valence-corrected chi connectivity index (χ3v) is 4.30. The van der Waals surface area contributed by atoms with E-state index in [1.54, 1.807) is 0 Å². The number of halogens is 1. The molecule has 1 aliphatic heterocycles. The molecule has 112 valence electrons. The van der Waals surface area contributed by atoms with Crippen molar-refractivity contribution < 1.29 is 0 Å². The van der Waals surface area contributed by atoms with Crippen molar-refractivity contribution in [2.24, 2.45) is 5.10 Å². The van der Waals surface area contributed by atoms with E-state index in [2.05, 4.69) is 17.4 Å². The van der Waals surface area contributed by atoms with Gasteiger partial charge >= 0.3 is 0 Å². The first-order chi connectivity index (χ1) is 10.7. The number of thiocarbonyl (C=S) groups is 1. The van der Waals surface area contributed by atoms with E-state index in [9.17, 15) is 0 Å². The molecule has 1 aliphatic rings. The van der Waals surface area contributed by atoms with Crippen LogP contribution in [0.5, 0.6) is 0 Å². The smallest absolute Gasteiger partial charge is 0.189 e. The predicted octanol–water partition coefficient (Wildman–Crippen LogP) is 4.00. The quantitative estimate of drug-likeness (QED) is 0.844. The van der Waals surface area contributed by atoms with Crippen LogP contribution in [0.1, 0.15) is 23.6 Å². The molecule has 0 radical (unpaired) electrons. The number of hydrogen-bond acceptors (Lipinski definition) is 2. The standard InChI is InChI=1S/C17H16ClN3S/c1-19-17(22)21-16(12-6-3-2-4-7-12)11-15(20-21)13-8-5-9-14(18)10-13/h2-10,16H,11H2,1H3,(H,19,22)/t16-/m1/s1. The Morgan fingerprint density at radius 1 is 1.23 bits per heavy atom. The van der Waals surface area contributed by atoms with E-state index in [-0.39, 0.29) is 6.04 Å². The van der Waals surface area contributed by atoms with Crippen LogP contribution in [0, 0.1) is 0 Å². The Bertz CT molecular complexity index is 715. The highest BCUT2D eigenvalue weighted by Gasteiger charge is 2.30. The zero-order valence-electron chi connectivity index (χ0n) is 12.2. The maximum absolute atomic E-state index is 6.10. The Morgan fingerprint density at radius 3 is 2.68 bits per heavy atom. The summed E-state index contributed by atoms with van der Waals surface area (Å²) in [7, 11) is 1.82. The van der Waals surface area contributed by atoms with Gasteiger partial charge in [-0.3, -0.25) is 0 Å². The summed E-state index contributed by atoms with van der Waals surface area (Å²) >= 11 is 11.5. The van der Waals surface area contributed by atoms with Gasteiger partial charge in [0.2, 0.25) is 0 Å². The Hall–Kier alpha value is -1.91. The summed E-state index contributed by atoms with van der Waals surface area (Å²) in [6.07, 6.45) is 0.798. The largest absolute Gasteiger partial charge is 0.364 e. The lowest BCUT2D eigenvalue weighted by atomic mass is 9.99. The molecule has 0 aliphatic carbocycles. The molecular formula is C17H16ClN3S. The molecule has 0 saturated heterocycles. The van der Waals surface area contributed by atoms with E-state index in [1.165, 1.54) is 5.56 Å². The monoisotopic (exact) mass is 329 g/mol. The van der Waals surface area contributed by atoms with Crippen LogP contribution in [0.3, 0.4) is 0 Å². The Morgan fingerprint density at radius 2 is 2.00 bits per heavy atom. The number of benzene rings is 2. The van der Waals surface area contributed by atoms with E-state index in [0.29, 0.717) is 10.1 Å². The third kappa shape index (κ3) is 2.98. The molecule has 0 spiro atoms. The van der Waals surface area contributed by atoms with Crippen LogP contribution in [0.25, 0.3) is 0 Å². The maximum atomic E-state index is 6.10. The van der Waals surface area contributed by atoms with Crippen molar-refractivity contribution in [3.63, 3.8) is 0 Å². The van der Waals surface area contributed by atoms with Gasteiger partial charge in [0.1, 0.15) is 0 Å². The van der Waals surface area contributed by atoms with Gasteiger partial charge in [-0.25, -0.2) is 5.01 Å². The average Bonchev–Trinajstić information content (AvgIpc) is 3.00. The molecule has 3 rings (SSSR count). The summed E-state index contributed by atoms with van der Waals surface area (Å²) in [5.41, 5.74) is 3.23. The van der Waals surface area contributed by atoms with Crippen LogP contribution in [-0.4, -0.2) is 22.9 Å². The zero-order valence-corrected chi connectivity index (χ0v) is 13.7. The van der Waals surface area contributed by atoms with Crippen LogP contribution >= 0.6 is 23.8 Å². The number of hydrazone groups is 1. The fraction of sp³-hybridized carbons (Fsp3) is 0.176. The summed E-state index contributed by atoms with van der Waals surface area (Å²) in [4.78, 5) is 0. The minimum absolute atomic E-state index is 0.107. The van der Waals surface area contributed by atoms with Gasteiger partial charge in [0.25, 0.3) is 0 Å². The van der Waals surface area contributed by atoms with Gasteiger partial charge in [0, 0.05) is 18.5 Å². The fourth-order valence-corrected chi connectivity index (χ4v) is 2.95.